The second-order valence-electron chi connectivity index (χ2n) is 10.5. The summed E-state index contributed by atoms with van der Waals surface area (Å²) in [5.41, 5.74) is -0.581. The van der Waals surface area contributed by atoms with Crippen molar-refractivity contribution in [2.75, 3.05) is 19.6 Å². The van der Waals surface area contributed by atoms with Crippen LogP contribution in [0, 0.1) is 10.1 Å². The van der Waals surface area contributed by atoms with Crippen molar-refractivity contribution in [1.82, 2.24) is 14.5 Å². The number of carbonyl (C=O) groups excluding carboxylic acids is 3. The van der Waals surface area contributed by atoms with Gasteiger partial charge in [-0.1, -0.05) is 24.3 Å². The number of nitro groups is 1. The van der Waals surface area contributed by atoms with Crippen LogP contribution in [0.2, 0.25) is 0 Å². The van der Waals surface area contributed by atoms with Crippen LogP contribution in [0.25, 0.3) is 0 Å². The van der Waals surface area contributed by atoms with Gasteiger partial charge in [-0.3, -0.25) is 24.6 Å². The van der Waals surface area contributed by atoms with Crippen LogP contribution >= 0.6 is 0 Å². The molecule has 0 aliphatic carbocycles. The molecule has 0 unspecified atom stereocenters. The van der Waals surface area contributed by atoms with Gasteiger partial charge < -0.3 is 10.1 Å². The predicted molar refractivity (Wildman–Crippen MR) is 146 cm³/mol. The van der Waals surface area contributed by atoms with Crippen molar-refractivity contribution < 1.29 is 32.5 Å². The Balaban J connectivity index is 1.70. The van der Waals surface area contributed by atoms with Gasteiger partial charge in [-0.25, -0.2) is 13.2 Å². The summed E-state index contributed by atoms with van der Waals surface area (Å²) in [4.78, 5) is 48.9. The SMILES string of the molecule is C[C@@H](CCN(CCCCN1C(=O)c2ccccc2C1=O)S(=O)(=O)c1ccccc1[N+](=O)[O-])NC(=O)OC(C)(C)C. The molecule has 0 saturated carbocycles. The van der Waals surface area contributed by atoms with Crippen molar-refractivity contribution >= 4 is 33.6 Å². The lowest BCUT2D eigenvalue weighted by Crippen LogP contribution is -2.41. The highest BCUT2D eigenvalue weighted by atomic mass is 32.2. The van der Waals surface area contributed by atoms with E-state index in [2.05, 4.69) is 5.32 Å². The predicted octanol–water partition coefficient (Wildman–Crippen LogP) is 3.97. The van der Waals surface area contributed by atoms with E-state index in [1.165, 1.54) is 18.2 Å². The second kappa shape index (κ2) is 12.6. The van der Waals surface area contributed by atoms with Crippen LogP contribution in [0.3, 0.4) is 0 Å². The Morgan fingerprint density at radius 3 is 2.17 bits per heavy atom. The molecular weight excluding hydrogens is 540 g/mol. The van der Waals surface area contributed by atoms with Gasteiger partial charge in [0.15, 0.2) is 4.90 Å². The summed E-state index contributed by atoms with van der Waals surface area (Å²) in [6.07, 6.45) is 0.160. The lowest BCUT2D eigenvalue weighted by molar-refractivity contribution is -0.387. The van der Waals surface area contributed by atoms with E-state index in [-0.39, 0.29) is 32.5 Å². The molecule has 3 rings (SSSR count). The number of nitrogens with one attached hydrogen (secondary N) is 1. The van der Waals surface area contributed by atoms with Gasteiger partial charge in [0.1, 0.15) is 5.60 Å². The molecule has 1 heterocycles. The lowest BCUT2D eigenvalue weighted by atomic mass is 10.1. The van der Waals surface area contributed by atoms with Gasteiger partial charge in [-0.2, -0.15) is 4.31 Å². The number of para-hydroxylation sites is 1. The van der Waals surface area contributed by atoms with Crippen LogP contribution in [0.4, 0.5) is 10.5 Å². The number of imide groups is 1. The van der Waals surface area contributed by atoms with Crippen LogP contribution in [0.15, 0.2) is 53.4 Å². The zero-order valence-electron chi connectivity index (χ0n) is 23.0. The summed E-state index contributed by atoms with van der Waals surface area (Å²) >= 11 is 0. The van der Waals surface area contributed by atoms with Crippen molar-refractivity contribution in [3.63, 3.8) is 0 Å². The van der Waals surface area contributed by atoms with Crippen molar-refractivity contribution in [3.05, 3.63) is 69.8 Å². The lowest BCUT2D eigenvalue weighted by Gasteiger charge is -2.25. The van der Waals surface area contributed by atoms with Gasteiger partial charge in [0.25, 0.3) is 17.5 Å². The fourth-order valence-electron chi connectivity index (χ4n) is 4.24. The van der Waals surface area contributed by atoms with Gasteiger partial charge in [0.2, 0.25) is 10.0 Å². The van der Waals surface area contributed by atoms with E-state index >= 15 is 0 Å². The number of alkyl carbamates (subject to hydrolysis) is 1. The number of rotatable bonds is 12. The molecule has 0 saturated heterocycles. The molecule has 0 bridgehead atoms. The molecule has 0 fully saturated rings. The number of nitrogens with zero attached hydrogens (tertiary/aromatic N) is 3. The zero-order chi connectivity index (χ0) is 29.7. The summed E-state index contributed by atoms with van der Waals surface area (Å²) in [5, 5.41) is 14.2. The topological polar surface area (TPSA) is 156 Å². The van der Waals surface area contributed by atoms with E-state index in [4.69, 9.17) is 4.74 Å². The highest BCUT2D eigenvalue weighted by Gasteiger charge is 2.35. The number of ether oxygens (including phenoxy) is 1. The Hall–Kier alpha value is -3.84. The van der Waals surface area contributed by atoms with E-state index in [0.29, 0.717) is 17.5 Å². The maximum absolute atomic E-state index is 13.6. The van der Waals surface area contributed by atoms with Gasteiger partial charge in [0, 0.05) is 31.7 Å². The first-order valence-corrected chi connectivity index (χ1v) is 14.3. The molecule has 2 aromatic rings. The van der Waals surface area contributed by atoms with Gasteiger partial charge >= 0.3 is 6.09 Å². The van der Waals surface area contributed by atoms with E-state index in [0.717, 1.165) is 15.3 Å². The Bertz CT molecular complexity index is 1350. The summed E-state index contributed by atoms with van der Waals surface area (Å²) in [6, 6.07) is 11.2. The number of unbranched alkanes of at least 4 members (excludes halogenated alkanes) is 1. The average Bonchev–Trinajstić information content (AvgIpc) is 3.11. The molecule has 1 aliphatic heterocycles. The Morgan fingerprint density at radius 1 is 1.02 bits per heavy atom. The number of carbonyl (C=O) groups is 3. The molecule has 0 radical (unpaired) electrons. The molecule has 2 aromatic carbocycles. The number of nitro benzene ring substituents is 1. The van der Waals surface area contributed by atoms with Crippen LogP contribution in [-0.4, -0.2) is 71.7 Å². The summed E-state index contributed by atoms with van der Waals surface area (Å²) < 4.78 is 33.5. The van der Waals surface area contributed by atoms with Crippen LogP contribution in [0.5, 0.6) is 0 Å². The van der Waals surface area contributed by atoms with E-state index in [9.17, 15) is 32.9 Å². The van der Waals surface area contributed by atoms with E-state index < -0.39 is 55.1 Å². The zero-order valence-corrected chi connectivity index (χ0v) is 23.8. The third kappa shape index (κ3) is 7.42. The van der Waals surface area contributed by atoms with Gasteiger partial charge in [0.05, 0.1) is 16.1 Å². The van der Waals surface area contributed by atoms with Gasteiger partial charge in [-0.05, 0) is 65.2 Å². The normalized spacial score (nSPS) is 14.3. The largest absolute Gasteiger partial charge is 0.444 e. The molecule has 13 heteroatoms. The van der Waals surface area contributed by atoms with Crippen molar-refractivity contribution in [2.24, 2.45) is 0 Å². The molecule has 1 N–H and O–H groups in total. The highest BCUT2D eigenvalue weighted by Crippen LogP contribution is 2.27. The number of fused-ring (bicyclic) bond motifs is 1. The number of benzene rings is 2. The molecule has 1 atom stereocenters. The minimum atomic E-state index is -4.29. The fourth-order valence-corrected chi connectivity index (χ4v) is 5.89. The monoisotopic (exact) mass is 574 g/mol. The first kappa shape index (κ1) is 30.7. The maximum atomic E-state index is 13.6. The maximum Gasteiger partial charge on any atom is 0.407 e. The van der Waals surface area contributed by atoms with Crippen LogP contribution < -0.4 is 5.32 Å². The molecule has 12 nitrogen and oxygen atoms in total. The number of hydrogen-bond acceptors (Lipinski definition) is 8. The smallest absolute Gasteiger partial charge is 0.407 e. The molecule has 216 valence electrons. The first-order valence-electron chi connectivity index (χ1n) is 12.9. The molecule has 0 spiro atoms. The van der Waals surface area contributed by atoms with Crippen molar-refractivity contribution in [1.29, 1.82) is 0 Å². The molecule has 40 heavy (non-hydrogen) atoms. The standard InChI is InChI=1S/C27H34N4O8S/c1-19(28-26(34)39-27(2,3)4)15-18-29(40(37,38)23-14-8-7-13-22(23)31(35)36)16-9-10-17-30-24(32)20-11-5-6-12-21(20)25(30)33/h5-8,11-14,19H,9-10,15-18H2,1-4H3,(H,28,34)/t19-/m0/s1. The van der Waals surface area contributed by atoms with Crippen molar-refractivity contribution in [3.8, 4) is 0 Å². The van der Waals surface area contributed by atoms with E-state index in [1.807, 2.05) is 0 Å². The Morgan fingerprint density at radius 2 is 1.60 bits per heavy atom. The number of hydrogen-bond donors (Lipinski definition) is 1. The number of sulfonamides is 1. The minimum absolute atomic E-state index is 0.0172. The van der Waals surface area contributed by atoms with Crippen molar-refractivity contribution in [2.45, 2.75) is 63.5 Å². The highest BCUT2D eigenvalue weighted by molar-refractivity contribution is 7.89. The molecule has 3 amide bonds. The number of amides is 3. The first-order chi connectivity index (χ1) is 18.7. The molecule has 1 aliphatic rings. The second-order valence-corrected chi connectivity index (χ2v) is 12.4. The minimum Gasteiger partial charge on any atom is -0.444 e. The van der Waals surface area contributed by atoms with Crippen LogP contribution in [0.1, 0.15) is 67.7 Å². The fraction of sp³-hybridized carbons (Fsp3) is 0.444. The Kier molecular flexibility index (Phi) is 9.64. The van der Waals surface area contributed by atoms with Gasteiger partial charge in [-0.15, -0.1) is 0 Å². The summed E-state index contributed by atoms with van der Waals surface area (Å²) in [5.74, 6) is -0.793. The third-order valence-corrected chi connectivity index (χ3v) is 8.12. The quantitative estimate of drug-likeness (QED) is 0.173. The Labute approximate surface area is 233 Å². The van der Waals surface area contributed by atoms with Crippen LogP contribution in [-0.2, 0) is 14.8 Å². The van der Waals surface area contributed by atoms with E-state index in [1.54, 1.807) is 52.0 Å². The third-order valence-electron chi connectivity index (χ3n) is 6.17. The molecular formula is C27H34N4O8S. The average molecular weight is 575 g/mol. The summed E-state index contributed by atoms with van der Waals surface area (Å²) in [7, 11) is -4.29. The summed E-state index contributed by atoms with van der Waals surface area (Å²) in [6.45, 7) is 6.90. The molecule has 0 aromatic heterocycles.